The predicted molar refractivity (Wildman–Crippen MR) is 65.4 cm³/mol. The Labute approximate surface area is 98.1 Å². The van der Waals surface area contributed by atoms with Crippen molar-refractivity contribution in [2.45, 2.75) is 48.2 Å². The third-order valence-electron chi connectivity index (χ3n) is 2.70. The van der Waals surface area contributed by atoms with Crippen molar-refractivity contribution < 1.29 is 5.11 Å². The fraction of sp³-hybridized carbons (Fsp3) is 0.700. The number of thiazole rings is 1. The van der Waals surface area contributed by atoms with Gasteiger partial charge in [0, 0.05) is 5.25 Å². The second kappa shape index (κ2) is 4.72. The number of anilines is 1. The molecule has 2 rings (SSSR count). The molecule has 0 aliphatic heterocycles. The quantitative estimate of drug-likeness (QED) is 0.839. The standard InChI is InChI=1S/C10H16N2OS2/c1-6-9(15-10(11)12-6)14-8-5-3-2-4-7(8)13/h7-8,13H,2-5H2,1H3,(H2,11,12). The van der Waals surface area contributed by atoms with E-state index >= 15 is 0 Å². The van der Waals surface area contributed by atoms with Gasteiger partial charge in [-0.3, -0.25) is 0 Å². The van der Waals surface area contributed by atoms with Gasteiger partial charge in [-0.2, -0.15) is 0 Å². The van der Waals surface area contributed by atoms with E-state index in [9.17, 15) is 5.11 Å². The molecule has 1 saturated carbocycles. The van der Waals surface area contributed by atoms with E-state index in [1.165, 1.54) is 22.0 Å². The highest BCUT2D eigenvalue weighted by atomic mass is 32.2. The number of aromatic nitrogens is 1. The lowest BCUT2D eigenvalue weighted by molar-refractivity contribution is 0.137. The SMILES string of the molecule is Cc1nc(N)sc1SC1CCCCC1O. The largest absolute Gasteiger partial charge is 0.392 e. The maximum absolute atomic E-state index is 9.86. The Morgan fingerprint density at radius 1 is 1.47 bits per heavy atom. The summed E-state index contributed by atoms with van der Waals surface area (Å²) in [6.07, 6.45) is 4.25. The predicted octanol–water partition coefficient (Wildman–Crippen LogP) is 2.43. The highest BCUT2D eigenvalue weighted by molar-refractivity contribution is 8.01. The van der Waals surface area contributed by atoms with E-state index in [4.69, 9.17) is 5.73 Å². The highest BCUT2D eigenvalue weighted by Crippen LogP contribution is 2.38. The zero-order valence-electron chi connectivity index (χ0n) is 8.77. The van der Waals surface area contributed by atoms with Gasteiger partial charge in [0.15, 0.2) is 5.13 Å². The summed E-state index contributed by atoms with van der Waals surface area (Å²) in [6.45, 7) is 1.98. The summed E-state index contributed by atoms with van der Waals surface area (Å²) in [5.41, 5.74) is 6.65. The number of aryl methyl sites for hydroxylation is 1. The first-order valence-corrected chi connectivity index (χ1v) is 6.94. The lowest BCUT2D eigenvalue weighted by atomic mass is 9.97. The minimum Gasteiger partial charge on any atom is -0.392 e. The van der Waals surface area contributed by atoms with Gasteiger partial charge in [0.05, 0.1) is 16.0 Å². The normalized spacial score (nSPS) is 26.8. The van der Waals surface area contributed by atoms with E-state index < -0.39 is 0 Å². The fourth-order valence-corrected chi connectivity index (χ4v) is 4.32. The summed E-state index contributed by atoms with van der Waals surface area (Å²) < 4.78 is 1.17. The first-order valence-electron chi connectivity index (χ1n) is 5.24. The molecule has 0 saturated heterocycles. The molecule has 84 valence electrons. The van der Waals surface area contributed by atoms with Crippen LogP contribution in [0.4, 0.5) is 5.13 Å². The van der Waals surface area contributed by atoms with Crippen LogP contribution < -0.4 is 5.73 Å². The van der Waals surface area contributed by atoms with Crippen molar-refractivity contribution in [1.29, 1.82) is 0 Å². The van der Waals surface area contributed by atoms with Gasteiger partial charge in [-0.25, -0.2) is 4.98 Å². The minimum atomic E-state index is -0.161. The van der Waals surface area contributed by atoms with Crippen molar-refractivity contribution in [2.75, 3.05) is 5.73 Å². The van der Waals surface area contributed by atoms with E-state index in [0.29, 0.717) is 10.4 Å². The molecule has 3 N–H and O–H groups in total. The summed E-state index contributed by atoms with van der Waals surface area (Å²) in [4.78, 5) is 4.20. The molecule has 1 aromatic rings. The molecule has 0 amide bonds. The Bertz CT molecular complexity index is 340. The van der Waals surface area contributed by atoms with Gasteiger partial charge in [-0.15, -0.1) is 11.8 Å². The molecule has 0 bridgehead atoms. The van der Waals surface area contributed by atoms with Crippen LogP contribution in [0.15, 0.2) is 4.21 Å². The number of hydrogen-bond acceptors (Lipinski definition) is 5. The lowest BCUT2D eigenvalue weighted by Gasteiger charge is -2.26. The zero-order valence-corrected chi connectivity index (χ0v) is 10.4. The molecule has 3 nitrogen and oxygen atoms in total. The average molecular weight is 244 g/mol. The van der Waals surface area contributed by atoms with Gasteiger partial charge in [-0.05, 0) is 19.8 Å². The molecule has 5 heteroatoms. The monoisotopic (exact) mass is 244 g/mol. The van der Waals surface area contributed by atoms with E-state index in [1.807, 2.05) is 6.92 Å². The second-order valence-corrected chi connectivity index (χ2v) is 6.47. The van der Waals surface area contributed by atoms with Gasteiger partial charge >= 0.3 is 0 Å². The summed E-state index contributed by atoms with van der Waals surface area (Å²) in [5.74, 6) is 0. The van der Waals surface area contributed by atoms with E-state index in [0.717, 1.165) is 25.0 Å². The summed E-state index contributed by atoms with van der Waals surface area (Å²) in [7, 11) is 0. The lowest BCUT2D eigenvalue weighted by Crippen LogP contribution is -2.26. The average Bonchev–Trinajstić information content (AvgIpc) is 2.49. The Morgan fingerprint density at radius 3 is 2.80 bits per heavy atom. The third-order valence-corrected chi connectivity index (χ3v) is 5.38. The molecule has 15 heavy (non-hydrogen) atoms. The maximum atomic E-state index is 9.86. The molecule has 1 aliphatic carbocycles. The van der Waals surface area contributed by atoms with Crippen LogP contribution >= 0.6 is 23.1 Å². The Balaban J connectivity index is 2.04. The molecule has 1 aliphatic rings. The summed E-state index contributed by atoms with van der Waals surface area (Å²) in [6, 6.07) is 0. The smallest absolute Gasteiger partial charge is 0.181 e. The minimum absolute atomic E-state index is 0.161. The van der Waals surface area contributed by atoms with Gasteiger partial charge < -0.3 is 10.8 Å². The Morgan fingerprint density at radius 2 is 2.20 bits per heavy atom. The van der Waals surface area contributed by atoms with Gasteiger partial charge in [-0.1, -0.05) is 24.2 Å². The number of nitrogen functional groups attached to an aromatic ring is 1. The van der Waals surface area contributed by atoms with Crippen LogP contribution in [0.5, 0.6) is 0 Å². The highest BCUT2D eigenvalue weighted by Gasteiger charge is 2.25. The molecular weight excluding hydrogens is 228 g/mol. The van der Waals surface area contributed by atoms with Crippen LogP contribution in [0, 0.1) is 6.92 Å². The molecule has 1 fully saturated rings. The maximum Gasteiger partial charge on any atom is 0.181 e. The Kier molecular flexibility index (Phi) is 3.53. The number of nitrogens with two attached hydrogens (primary N) is 1. The molecule has 2 unspecified atom stereocenters. The van der Waals surface area contributed by atoms with Crippen molar-refractivity contribution in [3.8, 4) is 0 Å². The van der Waals surface area contributed by atoms with Crippen molar-refractivity contribution in [3.05, 3.63) is 5.69 Å². The van der Waals surface area contributed by atoms with E-state index in [2.05, 4.69) is 4.98 Å². The van der Waals surface area contributed by atoms with Crippen LogP contribution in [0.1, 0.15) is 31.4 Å². The third kappa shape index (κ3) is 2.65. The van der Waals surface area contributed by atoms with Gasteiger partial charge in [0.25, 0.3) is 0 Å². The van der Waals surface area contributed by atoms with Crippen molar-refractivity contribution in [2.24, 2.45) is 0 Å². The summed E-state index contributed by atoms with van der Waals surface area (Å²) in [5, 5.41) is 10.8. The molecular formula is C10H16N2OS2. The summed E-state index contributed by atoms with van der Waals surface area (Å²) >= 11 is 3.27. The topological polar surface area (TPSA) is 59.1 Å². The molecule has 1 aromatic heterocycles. The van der Waals surface area contributed by atoms with Crippen molar-refractivity contribution in [3.63, 3.8) is 0 Å². The van der Waals surface area contributed by atoms with Gasteiger partial charge in [0.2, 0.25) is 0 Å². The fourth-order valence-electron chi connectivity index (χ4n) is 1.86. The molecule has 0 radical (unpaired) electrons. The van der Waals surface area contributed by atoms with Crippen LogP contribution in [-0.2, 0) is 0 Å². The molecule has 0 spiro atoms. The van der Waals surface area contributed by atoms with E-state index in [-0.39, 0.29) is 6.10 Å². The van der Waals surface area contributed by atoms with Crippen LogP contribution in [0.2, 0.25) is 0 Å². The number of aliphatic hydroxyl groups is 1. The first-order chi connectivity index (χ1) is 7.16. The molecule has 1 heterocycles. The first kappa shape index (κ1) is 11.2. The van der Waals surface area contributed by atoms with Crippen LogP contribution in [0.25, 0.3) is 0 Å². The molecule has 0 aromatic carbocycles. The molecule has 2 atom stereocenters. The van der Waals surface area contributed by atoms with Gasteiger partial charge in [0.1, 0.15) is 0 Å². The number of nitrogens with zero attached hydrogens (tertiary/aromatic N) is 1. The zero-order chi connectivity index (χ0) is 10.8. The van der Waals surface area contributed by atoms with Crippen LogP contribution in [0.3, 0.4) is 0 Å². The number of rotatable bonds is 2. The number of aliphatic hydroxyl groups excluding tert-OH is 1. The van der Waals surface area contributed by atoms with Crippen molar-refractivity contribution >= 4 is 28.2 Å². The number of hydrogen-bond donors (Lipinski definition) is 2. The van der Waals surface area contributed by atoms with E-state index in [1.54, 1.807) is 11.8 Å². The second-order valence-electron chi connectivity index (χ2n) is 3.93. The van der Waals surface area contributed by atoms with Crippen LogP contribution in [-0.4, -0.2) is 21.4 Å². The number of thioether (sulfide) groups is 1. The van der Waals surface area contributed by atoms with Crippen molar-refractivity contribution in [1.82, 2.24) is 4.98 Å². The Hall–Kier alpha value is -0.260.